The number of nitrogens with zero attached hydrogens (tertiary/aromatic N) is 1. The number of nitro benzene ring substituents is 1. The second-order valence-corrected chi connectivity index (χ2v) is 3.96. The fourth-order valence-electron chi connectivity index (χ4n) is 0.851. The molecule has 6 heteroatoms. The summed E-state index contributed by atoms with van der Waals surface area (Å²) in [7, 11) is 0. The highest BCUT2D eigenvalue weighted by atomic mass is 79.9. The average molecular weight is 311 g/mol. The van der Waals surface area contributed by atoms with E-state index in [1.165, 1.54) is 12.1 Å². The lowest BCUT2D eigenvalue weighted by Gasteiger charge is -2.02. The summed E-state index contributed by atoms with van der Waals surface area (Å²) >= 11 is 6.34. The Kier molecular flexibility index (Phi) is 3.40. The average Bonchev–Trinajstić information content (AvgIpc) is 2.09. The highest BCUT2D eigenvalue weighted by Crippen LogP contribution is 2.31. The van der Waals surface area contributed by atoms with E-state index in [2.05, 4.69) is 31.9 Å². The number of aliphatic hydroxyl groups excluding tert-OH is 1. The zero-order valence-electron chi connectivity index (χ0n) is 6.33. The largest absolute Gasteiger partial charge is 0.392 e. The first-order chi connectivity index (χ1) is 6.06. The maximum Gasteiger partial charge on any atom is 0.270 e. The van der Waals surface area contributed by atoms with Crippen LogP contribution in [0.5, 0.6) is 0 Å². The Bertz CT molecular complexity index is 354. The van der Waals surface area contributed by atoms with Crippen LogP contribution in [-0.4, -0.2) is 10.0 Å². The summed E-state index contributed by atoms with van der Waals surface area (Å²) in [6.45, 7) is -0.235. The van der Waals surface area contributed by atoms with Gasteiger partial charge in [0.25, 0.3) is 5.69 Å². The summed E-state index contributed by atoms with van der Waals surface area (Å²) in [5, 5.41) is 19.3. The van der Waals surface area contributed by atoms with E-state index in [9.17, 15) is 10.1 Å². The molecule has 13 heavy (non-hydrogen) atoms. The van der Waals surface area contributed by atoms with Crippen LogP contribution in [0.25, 0.3) is 0 Å². The van der Waals surface area contributed by atoms with E-state index in [0.717, 1.165) is 0 Å². The Morgan fingerprint density at radius 3 is 2.54 bits per heavy atom. The lowest BCUT2D eigenvalue weighted by atomic mass is 10.2. The van der Waals surface area contributed by atoms with Crippen LogP contribution in [0.1, 0.15) is 5.56 Å². The topological polar surface area (TPSA) is 63.4 Å². The summed E-state index contributed by atoms with van der Waals surface area (Å²) in [5.41, 5.74) is 0.445. The molecule has 0 aromatic heterocycles. The van der Waals surface area contributed by atoms with E-state index in [0.29, 0.717) is 14.5 Å². The molecular formula is C7H5Br2NO3. The van der Waals surface area contributed by atoms with E-state index in [1.54, 1.807) is 0 Å². The van der Waals surface area contributed by atoms with Crippen molar-refractivity contribution in [1.82, 2.24) is 0 Å². The van der Waals surface area contributed by atoms with Crippen LogP contribution in [-0.2, 0) is 6.61 Å². The van der Waals surface area contributed by atoms with E-state index in [1.807, 2.05) is 0 Å². The molecule has 0 spiro atoms. The summed E-state index contributed by atoms with van der Waals surface area (Å²) < 4.78 is 1.20. The molecular weight excluding hydrogens is 306 g/mol. The summed E-state index contributed by atoms with van der Waals surface area (Å²) in [6, 6.07) is 2.71. The van der Waals surface area contributed by atoms with Gasteiger partial charge in [-0.05, 0) is 37.4 Å². The second-order valence-electron chi connectivity index (χ2n) is 2.32. The fraction of sp³-hybridized carbons (Fsp3) is 0.143. The minimum absolute atomic E-state index is 0.0425. The van der Waals surface area contributed by atoms with E-state index in [4.69, 9.17) is 5.11 Å². The molecule has 0 fully saturated rings. The molecule has 4 nitrogen and oxygen atoms in total. The van der Waals surface area contributed by atoms with Crippen molar-refractivity contribution >= 4 is 37.5 Å². The Hall–Kier alpha value is -0.460. The molecule has 0 amide bonds. The van der Waals surface area contributed by atoms with Gasteiger partial charge in [0.1, 0.15) is 0 Å². The molecule has 0 bridgehead atoms. The Morgan fingerprint density at radius 1 is 1.46 bits per heavy atom. The van der Waals surface area contributed by atoms with Gasteiger partial charge in [-0.2, -0.15) is 0 Å². The molecule has 0 aliphatic heterocycles. The number of rotatable bonds is 2. The van der Waals surface area contributed by atoms with Gasteiger partial charge in [-0.25, -0.2) is 0 Å². The van der Waals surface area contributed by atoms with Gasteiger partial charge < -0.3 is 5.11 Å². The zero-order valence-corrected chi connectivity index (χ0v) is 9.50. The van der Waals surface area contributed by atoms with Crippen molar-refractivity contribution < 1.29 is 10.0 Å². The van der Waals surface area contributed by atoms with Crippen molar-refractivity contribution in [3.05, 3.63) is 36.8 Å². The number of non-ortho nitro benzene ring substituents is 1. The number of nitro groups is 1. The van der Waals surface area contributed by atoms with Crippen LogP contribution in [0, 0.1) is 10.1 Å². The van der Waals surface area contributed by atoms with Crippen molar-refractivity contribution in [3.8, 4) is 0 Å². The van der Waals surface area contributed by atoms with Gasteiger partial charge >= 0.3 is 0 Å². The first-order valence-corrected chi connectivity index (χ1v) is 4.88. The van der Waals surface area contributed by atoms with Gasteiger partial charge in [0.05, 0.1) is 11.5 Å². The normalized spacial score (nSPS) is 10.1. The van der Waals surface area contributed by atoms with Crippen LogP contribution < -0.4 is 0 Å². The molecule has 70 valence electrons. The van der Waals surface area contributed by atoms with Crippen LogP contribution in [0.2, 0.25) is 0 Å². The Labute approximate surface area is 91.0 Å². The van der Waals surface area contributed by atoms with Crippen molar-refractivity contribution in [1.29, 1.82) is 0 Å². The molecule has 0 radical (unpaired) electrons. The van der Waals surface area contributed by atoms with Crippen LogP contribution >= 0.6 is 31.9 Å². The molecule has 0 heterocycles. The van der Waals surface area contributed by atoms with Crippen molar-refractivity contribution in [2.45, 2.75) is 6.61 Å². The van der Waals surface area contributed by atoms with Crippen molar-refractivity contribution in [3.63, 3.8) is 0 Å². The van der Waals surface area contributed by atoms with Crippen LogP contribution in [0.3, 0.4) is 0 Å². The minimum atomic E-state index is -0.504. The van der Waals surface area contributed by atoms with Crippen LogP contribution in [0.15, 0.2) is 21.1 Å². The van der Waals surface area contributed by atoms with Gasteiger partial charge in [0, 0.05) is 21.1 Å². The van der Waals surface area contributed by atoms with Gasteiger partial charge in [-0.1, -0.05) is 0 Å². The number of hydrogen-bond donors (Lipinski definition) is 1. The second kappa shape index (κ2) is 4.17. The number of halogens is 2. The molecule has 1 aromatic rings. The first-order valence-electron chi connectivity index (χ1n) is 3.29. The number of aliphatic hydroxyl groups is 1. The predicted octanol–water partition coefficient (Wildman–Crippen LogP) is 2.61. The lowest BCUT2D eigenvalue weighted by Crippen LogP contribution is -1.92. The molecule has 0 aliphatic carbocycles. The Balaban J connectivity index is 3.30. The molecule has 0 unspecified atom stereocenters. The lowest BCUT2D eigenvalue weighted by molar-refractivity contribution is -0.385. The number of benzene rings is 1. The molecule has 0 aliphatic rings. The first kappa shape index (κ1) is 10.6. The van der Waals surface area contributed by atoms with Crippen molar-refractivity contribution in [2.75, 3.05) is 0 Å². The van der Waals surface area contributed by atoms with Gasteiger partial charge in [0.2, 0.25) is 0 Å². The van der Waals surface area contributed by atoms with Crippen LogP contribution in [0.4, 0.5) is 5.69 Å². The van der Waals surface area contributed by atoms with Gasteiger partial charge in [-0.3, -0.25) is 10.1 Å². The SMILES string of the molecule is O=[N+]([O-])c1cc(Br)c(Br)c(CO)c1. The smallest absolute Gasteiger partial charge is 0.270 e. The highest BCUT2D eigenvalue weighted by Gasteiger charge is 2.12. The third-order valence-electron chi connectivity index (χ3n) is 1.47. The molecule has 0 saturated heterocycles. The number of hydrogen-bond acceptors (Lipinski definition) is 3. The molecule has 0 atom stereocenters. The predicted molar refractivity (Wildman–Crippen MR) is 54.4 cm³/mol. The third kappa shape index (κ3) is 2.26. The standard InChI is InChI=1S/C7H5Br2NO3/c8-6-2-5(10(12)13)1-4(3-11)7(6)9/h1-2,11H,3H2. The highest BCUT2D eigenvalue weighted by molar-refractivity contribution is 9.13. The molecule has 1 rings (SSSR count). The summed E-state index contributed by atoms with van der Waals surface area (Å²) in [5.74, 6) is 0. The summed E-state index contributed by atoms with van der Waals surface area (Å²) in [6.07, 6.45) is 0. The Morgan fingerprint density at radius 2 is 2.08 bits per heavy atom. The van der Waals surface area contributed by atoms with Gasteiger partial charge in [-0.15, -0.1) is 0 Å². The van der Waals surface area contributed by atoms with Gasteiger partial charge in [0.15, 0.2) is 0 Å². The minimum Gasteiger partial charge on any atom is -0.392 e. The fourth-order valence-corrected chi connectivity index (χ4v) is 1.69. The maximum absolute atomic E-state index is 10.4. The van der Waals surface area contributed by atoms with E-state index < -0.39 is 4.92 Å². The van der Waals surface area contributed by atoms with E-state index in [-0.39, 0.29) is 12.3 Å². The van der Waals surface area contributed by atoms with Crippen molar-refractivity contribution in [2.24, 2.45) is 0 Å². The monoisotopic (exact) mass is 309 g/mol. The van der Waals surface area contributed by atoms with E-state index >= 15 is 0 Å². The molecule has 1 N–H and O–H groups in total. The molecule has 0 saturated carbocycles. The quantitative estimate of drug-likeness (QED) is 0.674. The molecule has 1 aromatic carbocycles. The zero-order chi connectivity index (χ0) is 10.0. The third-order valence-corrected chi connectivity index (χ3v) is 3.56. The maximum atomic E-state index is 10.4. The summed E-state index contributed by atoms with van der Waals surface area (Å²) in [4.78, 5) is 9.92.